The zero-order valence-electron chi connectivity index (χ0n) is 17.4. The van der Waals surface area contributed by atoms with Crippen LogP contribution in [0.3, 0.4) is 0 Å². The topological polar surface area (TPSA) is 59.8 Å². The number of anilines is 1. The lowest BCUT2D eigenvalue weighted by Crippen LogP contribution is -2.26. The van der Waals surface area contributed by atoms with E-state index in [2.05, 4.69) is 10.3 Å². The minimum atomic E-state index is -0.476. The number of thioether (sulfide) groups is 1. The van der Waals surface area contributed by atoms with E-state index in [4.69, 9.17) is 4.98 Å². The van der Waals surface area contributed by atoms with Gasteiger partial charge in [-0.3, -0.25) is 9.36 Å². The second kappa shape index (κ2) is 9.31. The number of halogens is 1. The van der Waals surface area contributed by atoms with E-state index in [1.54, 1.807) is 12.3 Å². The summed E-state index contributed by atoms with van der Waals surface area (Å²) in [5.41, 5.74) is 4.13. The number of aromatic nitrogens is 3. The van der Waals surface area contributed by atoms with E-state index in [0.717, 1.165) is 22.3 Å². The molecule has 0 spiro atoms. The van der Waals surface area contributed by atoms with Gasteiger partial charge < -0.3 is 5.32 Å². The molecule has 0 saturated carbocycles. The Morgan fingerprint density at radius 2 is 1.97 bits per heavy atom. The van der Waals surface area contributed by atoms with Gasteiger partial charge in [0.1, 0.15) is 17.4 Å². The van der Waals surface area contributed by atoms with Crippen molar-refractivity contribution in [3.05, 3.63) is 83.8 Å². The number of pyridine rings is 1. The molecule has 0 aliphatic carbocycles. The van der Waals surface area contributed by atoms with Gasteiger partial charge in [0.25, 0.3) is 0 Å². The molecule has 7 heteroatoms. The number of benzene rings is 2. The Hall–Kier alpha value is -3.19. The average molecular weight is 435 g/mol. The van der Waals surface area contributed by atoms with Gasteiger partial charge in [-0.1, -0.05) is 48.5 Å². The first kappa shape index (κ1) is 21.1. The van der Waals surface area contributed by atoms with Gasteiger partial charge in [0, 0.05) is 17.6 Å². The summed E-state index contributed by atoms with van der Waals surface area (Å²) < 4.78 is 15.5. The van der Waals surface area contributed by atoms with Crippen molar-refractivity contribution in [2.24, 2.45) is 0 Å². The highest BCUT2D eigenvalue weighted by Crippen LogP contribution is 2.31. The maximum absolute atomic E-state index is 13.6. The summed E-state index contributed by atoms with van der Waals surface area (Å²) in [6.07, 6.45) is 2.28. The van der Waals surface area contributed by atoms with E-state index in [9.17, 15) is 9.18 Å². The van der Waals surface area contributed by atoms with Crippen LogP contribution < -0.4 is 5.32 Å². The smallest absolute Gasteiger partial charge is 0.247 e. The Labute approximate surface area is 184 Å². The summed E-state index contributed by atoms with van der Waals surface area (Å²) in [6, 6.07) is 17.5. The summed E-state index contributed by atoms with van der Waals surface area (Å²) in [5, 5.41) is 3.69. The second-order valence-electron chi connectivity index (χ2n) is 7.31. The molecule has 0 bridgehead atoms. The standard InChI is InChI=1S/C24H23FN4OS/c1-3-21(23(30)27-19-11-9-16(2)10-12-19)29-22-20(8-5-13-26-22)28-24(29)31-15-17-6-4-7-18(25)14-17/h4-14,21H,3,15H2,1-2H3,(H,27,30)/t21-/m0/s1. The molecule has 0 saturated heterocycles. The van der Waals surface area contributed by atoms with Crippen molar-refractivity contribution in [2.45, 2.75) is 37.2 Å². The second-order valence-corrected chi connectivity index (χ2v) is 8.25. The normalized spacial score (nSPS) is 12.1. The number of amides is 1. The SMILES string of the molecule is CC[C@@H](C(=O)Nc1ccc(C)cc1)n1c(SCc2cccc(F)c2)nc2cccnc21. The summed E-state index contributed by atoms with van der Waals surface area (Å²) in [6.45, 7) is 3.97. The number of carbonyl (C=O) groups excluding carboxylic acids is 1. The highest BCUT2D eigenvalue weighted by Gasteiger charge is 2.25. The lowest BCUT2D eigenvalue weighted by molar-refractivity contribution is -0.119. The van der Waals surface area contributed by atoms with Crippen molar-refractivity contribution in [2.75, 3.05) is 5.32 Å². The zero-order valence-corrected chi connectivity index (χ0v) is 18.2. The molecule has 4 aromatic rings. The predicted molar refractivity (Wildman–Crippen MR) is 123 cm³/mol. The average Bonchev–Trinajstić information content (AvgIpc) is 3.13. The van der Waals surface area contributed by atoms with E-state index in [0.29, 0.717) is 23.0 Å². The Kier molecular flexibility index (Phi) is 6.32. The van der Waals surface area contributed by atoms with Crippen molar-refractivity contribution in [3.8, 4) is 0 Å². The minimum Gasteiger partial charge on any atom is -0.324 e. The van der Waals surface area contributed by atoms with Crippen molar-refractivity contribution >= 4 is 34.5 Å². The van der Waals surface area contributed by atoms with Crippen LogP contribution in [0.1, 0.15) is 30.5 Å². The van der Waals surface area contributed by atoms with Crippen LogP contribution in [0.5, 0.6) is 0 Å². The largest absolute Gasteiger partial charge is 0.324 e. The van der Waals surface area contributed by atoms with E-state index in [-0.39, 0.29) is 11.7 Å². The van der Waals surface area contributed by atoms with Crippen molar-refractivity contribution < 1.29 is 9.18 Å². The molecule has 1 atom stereocenters. The number of rotatable bonds is 7. The van der Waals surface area contributed by atoms with E-state index in [1.165, 1.54) is 23.9 Å². The number of fused-ring (bicyclic) bond motifs is 1. The number of hydrogen-bond donors (Lipinski definition) is 1. The lowest BCUT2D eigenvalue weighted by atomic mass is 10.2. The maximum Gasteiger partial charge on any atom is 0.247 e. The van der Waals surface area contributed by atoms with Gasteiger partial charge in [0.2, 0.25) is 5.91 Å². The van der Waals surface area contributed by atoms with Gasteiger partial charge in [-0.25, -0.2) is 14.4 Å². The fraction of sp³-hybridized carbons (Fsp3) is 0.208. The number of carbonyl (C=O) groups is 1. The molecule has 2 aromatic heterocycles. The molecule has 5 nitrogen and oxygen atoms in total. The van der Waals surface area contributed by atoms with E-state index in [1.807, 2.05) is 60.9 Å². The summed E-state index contributed by atoms with van der Waals surface area (Å²) in [5.74, 6) is 0.151. The van der Waals surface area contributed by atoms with Crippen LogP contribution in [0.4, 0.5) is 10.1 Å². The quantitative estimate of drug-likeness (QED) is 0.376. The van der Waals surface area contributed by atoms with Gasteiger partial charge in [-0.05, 0) is 55.3 Å². The van der Waals surface area contributed by atoms with Crippen LogP contribution in [0.15, 0.2) is 72.0 Å². The molecule has 2 heterocycles. The van der Waals surface area contributed by atoms with Crippen molar-refractivity contribution in [1.82, 2.24) is 14.5 Å². The first-order valence-corrected chi connectivity index (χ1v) is 11.1. The third-order valence-electron chi connectivity index (χ3n) is 4.99. The molecular weight excluding hydrogens is 411 g/mol. The van der Waals surface area contributed by atoms with Crippen LogP contribution in [0.2, 0.25) is 0 Å². The third-order valence-corrected chi connectivity index (χ3v) is 6.02. The first-order valence-electron chi connectivity index (χ1n) is 10.1. The Bertz CT molecular complexity index is 1210. The number of nitrogens with one attached hydrogen (secondary N) is 1. The molecule has 0 aliphatic rings. The Balaban J connectivity index is 1.65. The van der Waals surface area contributed by atoms with Crippen LogP contribution in [-0.4, -0.2) is 20.4 Å². The number of imidazole rings is 1. The van der Waals surface area contributed by atoms with Crippen LogP contribution in [0, 0.1) is 12.7 Å². The summed E-state index contributed by atoms with van der Waals surface area (Å²) in [7, 11) is 0. The Morgan fingerprint density at radius 1 is 1.16 bits per heavy atom. The predicted octanol–water partition coefficient (Wildman–Crippen LogP) is 5.76. The van der Waals surface area contributed by atoms with E-state index < -0.39 is 6.04 Å². The molecule has 1 amide bonds. The molecular formula is C24H23FN4OS. The van der Waals surface area contributed by atoms with Gasteiger partial charge in [-0.2, -0.15) is 0 Å². The van der Waals surface area contributed by atoms with Crippen LogP contribution in [0.25, 0.3) is 11.2 Å². The van der Waals surface area contributed by atoms with Gasteiger partial charge in [0.05, 0.1) is 0 Å². The molecule has 31 heavy (non-hydrogen) atoms. The minimum absolute atomic E-state index is 0.121. The van der Waals surface area contributed by atoms with Crippen LogP contribution >= 0.6 is 11.8 Å². The van der Waals surface area contributed by atoms with Crippen LogP contribution in [-0.2, 0) is 10.5 Å². The third kappa shape index (κ3) is 4.77. The molecule has 1 N–H and O–H groups in total. The highest BCUT2D eigenvalue weighted by atomic mass is 32.2. The van der Waals surface area contributed by atoms with Crippen molar-refractivity contribution in [3.63, 3.8) is 0 Å². The molecule has 4 rings (SSSR count). The molecule has 0 aliphatic heterocycles. The maximum atomic E-state index is 13.6. The highest BCUT2D eigenvalue weighted by molar-refractivity contribution is 7.98. The monoisotopic (exact) mass is 434 g/mol. The fourth-order valence-electron chi connectivity index (χ4n) is 3.41. The molecule has 2 aromatic carbocycles. The number of nitrogens with zero attached hydrogens (tertiary/aromatic N) is 3. The van der Waals surface area contributed by atoms with Gasteiger partial charge in [0.15, 0.2) is 10.8 Å². The van der Waals surface area contributed by atoms with Gasteiger partial charge in [-0.15, -0.1) is 0 Å². The van der Waals surface area contributed by atoms with Crippen molar-refractivity contribution in [1.29, 1.82) is 0 Å². The fourth-order valence-corrected chi connectivity index (χ4v) is 4.40. The van der Waals surface area contributed by atoms with Gasteiger partial charge >= 0.3 is 0 Å². The molecule has 0 fully saturated rings. The van der Waals surface area contributed by atoms with E-state index >= 15 is 0 Å². The molecule has 0 unspecified atom stereocenters. The summed E-state index contributed by atoms with van der Waals surface area (Å²) in [4.78, 5) is 22.4. The summed E-state index contributed by atoms with van der Waals surface area (Å²) >= 11 is 1.47. The lowest BCUT2D eigenvalue weighted by Gasteiger charge is -2.19. The number of aryl methyl sites for hydroxylation is 1. The molecule has 158 valence electrons. The number of hydrogen-bond acceptors (Lipinski definition) is 4. The first-order chi connectivity index (χ1) is 15.0. The Morgan fingerprint density at radius 3 is 2.71 bits per heavy atom. The molecule has 0 radical (unpaired) electrons. The zero-order chi connectivity index (χ0) is 21.8.